The molecule has 190 valence electrons. The Morgan fingerprint density at radius 1 is 0.921 bits per heavy atom. The standard InChI is InChI=1S/C33H30N2O3/c1-22(2)38-32-16-14-24(12-11-23-13-15-25-7-3-4-8-26(25)17-23)18-30(32)33(37)35-28(21-36)19-27-20-34-31-10-6-5-9-29(27)31/h3-10,13-18,20,22,28,34,36H,19,21H2,1-2H3,(H,35,37). The van der Waals surface area contributed by atoms with Gasteiger partial charge in [-0.2, -0.15) is 0 Å². The lowest BCUT2D eigenvalue weighted by molar-refractivity contribution is 0.0910. The minimum atomic E-state index is -0.457. The van der Waals surface area contributed by atoms with Crippen LogP contribution in [0.4, 0.5) is 0 Å². The van der Waals surface area contributed by atoms with Crippen molar-refractivity contribution in [1.82, 2.24) is 10.3 Å². The highest BCUT2D eigenvalue weighted by atomic mass is 16.5. The minimum Gasteiger partial charge on any atom is -0.490 e. The Hall–Kier alpha value is -4.53. The van der Waals surface area contributed by atoms with Crippen molar-refractivity contribution >= 4 is 27.6 Å². The summed E-state index contributed by atoms with van der Waals surface area (Å²) < 4.78 is 5.93. The van der Waals surface area contributed by atoms with Gasteiger partial charge in [0.25, 0.3) is 5.91 Å². The Balaban J connectivity index is 1.39. The van der Waals surface area contributed by atoms with E-state index in [1.807, 2.05) is 68.6 Å². The first-order chi connectivity index (χ1) is 18.5. The SMILES string of the molecule is CC(C)Oc1ccc(C#Cc2ccc3ccccc3c2)cc1C(=O)NC(CO)Cc1c[nH]c2ccccc12. The summed E-state index contributed by atoms with van der Waals surface area (Å²) in [4.78, 5) is 16.7. The fourth-order valence-electron chi connectivity index (χ4n) is 4.54. The number of benzene rings is 4. The zero-order valence-corrected chi connectivity index (χ0v) is 21.5. The van der Waals surface area contributed by atoms with E-state index in [1.165, 1.54) is 5.39 Å². The number of carbonyl (C=O) groups excluding carboxylic acids is 1. The Kier molecular flexibility index (Phi) is 7.44. The van der Waals surface area contributed by atoms with Crippen molar-refractivity contribution < 1.29 is 14.6 Å². The van der Waals surface area contributed by atoms with Gasteiger partial charge in [-0.3, -0.25) is 4.79 Å². The zero-order valence-electron chi connectivity index (χ0n) is 21.5. The van der Waals surface area contributed by atoms with Crippen LogP contribution < -0.4 is 10.1 Å². The van der Waals surface area contributed by atoms with Crippen LogP contribution in [-0.4, -0.2) is 34.8 Å². The van der Waals surface area contributed by atoms with Gasteiger partial charge in [-0.15, -0.1) is 0 Å². The van der Waals surface area contributed by atoms with Crippen LogP contribution in [0.25, 0.3) is 21.7 Å². The average Bonchev–Trinajstić information content (AvgIpc) is 3.34. The van der Waals surface area contributed by atoms with E-state index >= 15 is 0 Å². The largest absolute Gasteiger partial charge is 0.490 e. The van der Waals surface area contributed by atoms with Crippen molar-refractivity contribution in [2.24, 2.45) is 0 Å². The quantitative estimate of drug-likeness (QED) is 0.245. The third-order valence-corrected chi connectivity index (χ3v) is 6.38. The molecule has 0 aliphatic carbocycles. The fourth-order valence-corrected chi connectivity index (χ4v) is 4.54. The molecule has 0 aliphatic rings. The molecule has 0 fully saturated rings. The molecule has 0 spiro atoms. The first-order valence-corrected chi connectivity index (χ1v) is 12.8. The molecule has 0 radical (unpaired) electrons. The van der Waals surface area contributed by atoms with Gasteiger partial charge in [-0.25, -0.2) is 0 Å². The maximum atomic E-state index is 13.4. The smallest absolute Gasteiger partial charge is 0.255 e. The van der Waals surface area contributed by atoms with Gasteiger partial charge in [0.2, 0.25) is 0 Å². The Morgan fingerprint density at radius 3 is 2.42 bits per heavy atom. The molecule has 38 heavy (non-hydrogen) atoms. The number of aromatic nitrogens is 1. The van der Waals surface area contributed by atoms with E-state index in [-0.39, 0.29) is 18.6 Å². The molecule has 0 aliphatic heterocycles. The molecule has 1 heterocycles. The summed E-state index contributed by atoms with van der Waals surface area (Å²) in [6.45, 7) is 3.65. The van der Waals surface area contributed by atoms with Crippen LogP contribution in [0.3, 0.4) is 0 Å². The summed E-state index contributed by atoms with van der Waals surface area (Å²) in [5.74, 6) is 6.57. The Bertz CT molecular complexity index is 1660. The molecule has 1 atom stereocenters. The summed E-state index contributed by atoms with van der Waals surface area (Å²) in [6.07, 6.45) is 2.32. The average molecular weight is 503 g/mol. The van der Waals surface area contributed by atoms with Gasteiger partial charge < -0.3 is 20.1 Å². The summed E-state index contributed by atoms with van der Waals surface area (Å²) in [7, 11) is 0. The van der Waals surface area contributed by atoms with Crippen LogP contribution in [0.15, 0.2) is 91.1 Å². The second-order valence-corrected chi connectivity index (χ2v) is 9.61. The minimum absolute atomic E-state index is 0.101. The maximum absolute atomic E-state index is 13.4. The van der Waals surface area contributed by atoms with Gasteiger partial charge in [0, 0.05) is 28.2 Å². The maximum Gasteiger partial charge on any atom is 0.255 e. The molecule has 5 rings (SSSR count). The number of fused-ring (bicyclic) bond motifs is 2. The van der Waals surface area contributed by atoms with E-state index < -0.39 is 6.04 Å². The molecule has 0 saturated carbocycles. The molecule has 1 unspecified atom stereocenters. The second kappa shape index (κ2) is 11.2. The van der Waals surface area contributed by atoms with Crippen molar-refractivity contribution in [2.45, 2.75) is 32.4 Å². The first kappa shape index (κ1) is 25.1. The molecule has 3 N–H and O–H groups in total. The van der Waals surface area contributed by atoms with Crippen molar-refractivity contribution in [2.75, 3.05) is 6.61 Å². The summed E-state index contributed by atoms with van der Waals surface area (Å²) in [5, 5.41) is 16.4. The second-order valence-electron chi connectivity index (χ2n) is 9.61. The number of carbonyl (C=O) groups is 1. The predicted molar refractivity (Wildman–Crippen MR) is 152 cm³/mol. The van der Waals surface area contributed by atoms with E-state index in [2.05, 4.69) is 46.4 Å². The lowest BCUT2D eigenvalue weighted by Gasteiger charge is -2.19. The number of hydrogen-bond acceptors (Lipinski definition) is 3. The number of rotatable bonds is 7. The van der Waals surface area contributed by atoms with Crippen LogP contribution in [-0.2, 0) is 6.42 Å². The number of ether oxygens (including phenoxy) is 1. The first-order valence-electron chi connectivity index (χ1n) is 12.8. The number of H-pyrrole nitrogens is 1. The number of aliphatic hydroxyl groups excluding tert-OH is 1. The predicted octanol–water partition coefficient (Wildman–Crippen LogP) is 5.84. The van der Waals surface area contributed by atoms with E-state index in [0.29, 0.717) is 23.3 Å². The highest BCUT2D eigenvalue weighted by Gasteiger charge is 2.19. The lowest BCUT2D eigenvalue weighted by atomic mass is 10.0. The van der Waals surface area contributed by atoms with Crippen molar-refractivity contribution in [3.05, 3.63) is 113 Å². The molecule has 1 aromatic heterocycles. The van der Waals surface area contributed by atoms with Gasteiger partial charge in [0.15, 0.2) is 0 Å². The topological polar surface area (TPSA) is 74.3 Å². The molecule has 4 aromatic carbocycles. The van der Waals surface area contributed by atoms with Gasteiger partial charge in [0.05, 0.1) is 24.3 Å². The highest BCUT2D eigenvalue weighted by molar-refractivity contribution is 5.97. The number of aliphatic hydroxyl groups is 1. The Morgan fingerprint density at radius 2 is 1.63 bits per heavy atom. The molecule has 1 amide bonds. The molecule has 5 aromatic rings. The normalized spacial score (nSPS) is 11.8. The summed E-state index contributed by atoms with van der Waals surface area (Å²) in [6, 6.07) is 27.2. The fraction of sp³-hybridized carbons (Fsp3) is 0.182. The highest BCUT2D eigenvalue weighted by Crippen LogP contribution is 2.23. The third-order valence-electron chi connectivity index (χ3n) is 6.38. The molecule has 5 heteroatoms. The monoisotopic (exact) mass is 502 g/mol. The summed E-state index contributed by atoms with van der Waals surface area (Å²) >= 11 is 0. The van der Waals surface area contributed by atoms with Crippen LogP contribution in [0, 0.1) is 11.8 Å². The van der Waals surface area contributed by atoms with E-state index in [0.717, 1.165) is 27.4 Å². The van der Waals surface area contributed by atoms with Gasteiger partial charge >= 0.3 is 0 Å². The van der Waals surface area contributed by atoms with Crippen molar-refractivity contribution in [3.63, 3.8) is 0 Å². The number of amides is 1. The number of nitrogens with one attached hydrogen (secondary N) is 2. The number of hydrogen-bond donors (Lipinski definition) is 3. The van der Waals surface area contributed by atoms with Gasteiger partial charge in [-0.05, 0) is 73.0 Å². The molecule has 0 saturated heterocycles. The summed E-state index contributed by atoms with van der Waals surface area (Å²) in [5.41, 5.74) is 4.05. The van der Waals surface area contributed by atoms with Gasteiger partial charge in [0.1, 0.15) is 5.75 Å². The lowest BCUT2D eigenvalue weighted by Crippen LogP contribution is -2.39. The van der Waals surface area contributed by atoms with E-state index in [4.69, 9.17) is 4.74 Å². The van der Waals surface area contributed by atoms with Crippen molar-refractivity contribution in [3.8, 4) is 17.6 Å². The molecule has 5 nitrogen and oxygen atoms in total. The van der Waals surface area contributed by atoms with Crippen LogP contribution in [0.1, 0.15) is 40.9 Å². The molecular weight excluding hydrogens is 472 g/mol. The Labute approximate surface area is 222 Å². The third kappa shape index (κ3) is 5.72. The van der Waals surface area contributed by atoms with E-state index in [1.54, 1.807) is 12.1 Å². The van der Waals surface area contributed by atoms with Crippen LogP contribution in [0.2, 0.25) is 0 Å². The van der Waals surface area contributed by atoms with Crippen LogP contribution in [0.5, 0.6) is 5.75 Å². The molecule has 0 bridgehead atoms. The van der Waals surface area contributed by atoms with Crippen molar-refractivity contribution in [1.29, 1.82) is 0 Å². The number of para-hydroxylation sites is 1. The van der Waals surface area contributed by atoms with Gasteiger partial charge in [-0.1, -0.05) is 60.4 Å². The molecular formula is C33H30N2O3. The number of aromatic amines is 1. The zero-order chi connectivity index (χ0) is 26.5. The van der Waals surface area contributed by atoms with Crippen LogP contribution >= 0.6 is 0 Å². The van der Waals surface area contributed by atoms with E-state index in [9.17, 15) is 9.90 Å².